The Morgan fingerprint density at radius 2 is 1.67 bits per heavy atom. The minimum Gasteiger partial charge on any atom is -0.379 e. The van der Waals surface area contributed by atoms with E-state index in [9.17, 15) is 0 Å². The lowest BCUT2D eigenvalue weighted by atomic mass is 10.2. The van der Waals surface area contributed by atoms with Crippen LogP contribution < -0.4 is 10.2 Å². The third-order valence-corrected chi connectivity index (χ3v) is 3.42. The van der Waals surface area contributed by atoms with E-state index in [1.807, 2.05) is 24.4 Å². The highest BCUT2D eigenvalue weighted by Crippen LogP contribution is 2.19. The van der Waals surface area contributed by atoms with Gasteiger partial charge in [-0.05, 0) is 49.2 Å². The number of pyridine rings is 1. The molecule has 0 fully saturated rings. The van der Waals surface area contributed by atoms with Crippen molar-refractivity contribution in [1.29, 1.82) is 0 Å². The number of nitrogens with zero attached hydrogens (tertiary/aromatic N) is 2. The van der Waals surface area contributed by atoms with Crippen LogP contribution in [-0.2, 0) is 6.54 Å². The van der Waals surface area contributed by atoms with Crippen LogP contribution in [0.15, 0.2) is 48.7 Å². The Kier molecular flexibility index (Phi) is 6.07. The lowest BCUT2D eigenvalue weighted by Crippen LogP contribution is -2.24. The number of hydrogen-bond acceptors (Lipinski definition) is 3. The molecule has 3 heteroatoms. The molecule has 1 aromatic heterocycles. The van der Waals surface area contributed by atoms with Gasteiger partial charge in [-0.2, -0.15) is 0 Å². The second kappa shape index (κ2) is 8.30. The van der Waals surface area contributed by atoms with Crippen molar-refractivity contribution in [2.75, 3.05) is 23.3 Å². The average molecular weight is 283 g/mol. The first-order valence-corrected chi connectivity index (χ1v) is 7.82. The monoisotopic (exact) mass is 283 g/mol. The zero-order valence-electron chi connectivity index (χ0n) is 13.0. The molecule has 0 spiro atoms. The highest BCUT2D eigenvalue weighted by molar-refractivity contribution is 5.55. The quantitative estimate of drug-likeness (QED) is 0.782. The number of nitrogens with one attached hydrogen (secondary N) is 1. The molecule has 21 heavy (non-hydrogen) atoms. The van der Waals surface area contributed by atoms with Gasteiger partial charge < -0.3 is 10.2 Å². The van der Waals surface area contributed by atoms with E-state index in [1.54, 1.807) is 0 Å². The van der Waals surface area contributed by atoms with E-state index in [0.29, 0.717) is 0 Å². The number of rotatable bonds is 8. The Bertz CT molecular complexity index is 502. The summed E-state index contributed by atoms with van der Waals surface area (Å²) in [6.07, 6.45) is 4.19. The third-order valence-electron chi connectivity index (χ3n) is 3.42. The van der Waals surface area contributed by atoms with E-state index < -0.39 is 0 Å². The van der Waals surface area contributed by atoms with Gasteiger partial charge in [-0.1, -0.05) is 19.9 Å². The van der Waals surface area contributed by atoms with Crippen molar-refractivity contribution in [2.24, 2.45) is 0 Å². The second-order valence-electron chi connectivity index (χ2n) is 5.21. The molecule has 0 saturated heterocycles. The summed E-state index contributed by atoms with van der Waals surface area (Å²) in [6, 6.07) is 14.7. The van der Waals surface area contributed by atoms with Crippen LogP contribution in [0.1, 0.15) is 32.4 Å². The molecule has 0 saturated carbocycles. The van der Waals surface area contributed by atoms with E-state index in [4.69, 9.17) is 0 Å². The van der Waals surface area contributed by atoms with Gasteiger partial charge in [0.2, 0.25) is 0 Å². The maximum Gasteiger partial charge on any atom is 0.0594 e. The smallest absolute Gasteiger partial charge is 0.0594 e. The van der Waals surface area contributed by atoms with Crippen LogP contribution in [0.2, 0.25) is 0 Å². The Labute approximate surface area is 128 Å². The van der Waals surface area contributed by atoms with Gasteiger partial charge in [0.15, 0.2) is 0 Å². The largest absolute Gasteiger partial charge is 0.379 e. The average Bonchev–Trinajstić information content (AvgIpc) is 2.54. The van der Waals surface area contributed by atoms with Gasteiger partial charge in [-0.3, -0.25) is 4.98 Å². The summed E-state index contributed by atoms with van der Waals surface area (Å²) < 4.78 is 0. The number of benzene rings is 1. The summed E-state index contributed by atoms with van der Waals surface area (Å²) in [5.74, 6) is 0. The molecule has 0 radical (unpaired) electrons. The molecule has 2 aromatic rings. The molecule has 1 aromatic carbocycles. The Balaban J connectivity index is 1.94. The maximum atomic E-state index is 4.32. The van der Waals surface area contributed by atoms with E-state index >= 15 is 0 Å². The van der Waals surface area contributed by atoms with Crippen molar-refractivity contribution in [3.63, 3.8) is 0 Å². The standard InChI is InChI=1S/C18H25N3/c1-3-13-21(14-4-2)18-10-8-16(9-11-18)20-15-17-7-5-6-12-19-17/h5-12,20H,3-4,13-15H2,1-2H3. The Morgan fingerprint density at radius 3 is 2.24 bits per heavy atom. The number of hydrogen-bond donors (Lipinski definition) is 1. The van der Waals surface area contributed by atoms with Crippen molar-refractivity contribution in [3.8, 4) is 0 Å². The predicted octanol–water partition coefficient (Wildman–Crippen LogP) is 4.32. The molecular formula is C18H25N3. The predicted molar refractivity (Wildman–Crippen MR) is 90.8 cm³/mol. The maximum absolute atomic E-state index is 4.32. The van der Waals surface area contributed by atoms with Crippen LogP contribution in [0.25, 0.3) is 0 Å². The molecule has 0 aliphatic rings. The lowest BCUT2D eigenvalue weighted by Gasteiger charge is -2.24. The summed E-state index contributed by atoms with van der Waals surface area (Å²) in [7, 11) is 0. The summed E-state index contributed by atoms with van der Waals surface area (Å²) in [4.78, 5) is 6.76. The number of anilines is 2. The molecule has 0 amide bonds. The first-order valence-electron chi connectivity index (χ1n) is 7.82. The first-order chi connectivity index (χ1) is 10.3. The van der Waals surface area contributed by atoms with Gasteiger partial charge in [0.05, 0.1) is 12.2 Å². The van der Waals surface area contributed by atoms with Crippen LogP contribution in [0.4, 0.5) is 11.4 Å². The van der Waals surface area contributed by atoms with Crippen LogP contribution >= 0.6 is 0 Å². The van der Waals surface area contributed by atoms with Gasteiger partial charge in [0, 0.05) is 30.7 Å². The topological polar surface area (TPSA) is 28.2 Å². The van der Waals surface area contributed by atoms with Crippen molar-refractivity contribution >= 4 is 11.4 Å². The Hall–Kier alpha value is -2.03. The van der Waals surface area contributed by atoms with E-state index in [2.05, 4.69) is 53.3 Å². The minimum atomic E-state index is 0.758. The van der Waals surface area contributed by atoms with Gasteiger partial charge in [-0.25, -0.2) is 0 Å². The highest BCUT2D eigenvalue weighted by Gasteiger charge is 2.04. The SMILES string of the molecule is CCCN(CCC)c1ccc(NCc2ccccn2)cc1. The van der Waals surface area contributed by atoms with Crippen molar-refractivity contribution in [1.82, 2.24) is 4.98 Å². The zero-order chi connectivity index (χ0) is 14.9. The van der Waals surface area contributed by atoms with Gasteiger partial charge in [0.1, 0.15) is 0 Å². The molecule has 0 aliphatic carbocycles. The zero-order valence-corrected chi connectivity index (χ0v) is 13.0. The fraction of sp³-hybridized carbons (Fsp3) is 0.389. The van der Waals surface area contributed by atoms with Crippen molar-refractivity contribution < 1.29 is 0 Å². The van der Waals surface area contributed by atoms with Crippen LogP contribution in [-0.4, -0.2) is 18.1 Å². The summed E-state index contributed by atoms with van der Waals surface area (Å²) in [6.45, 7) is 7.45. The molecule has 0 aliphatic heterocycles. The molecule has 3 nitrogen and oxygen atoms in total. The normalized spacial score (nSPS) is 10.4. The molecule has 1 N–H and O–H groups in total. The lowest BCUT2D eigenvalue weighted by molar-refractivity contribution is 0.745. The van der Waals surface area contributed by atoms with E-state index in [0.717, 1.165) is 31.0 Å². The molecule has 1 heterocycles. The summed E-state index contributed by atoms with van der Waals surface area (Å²) in [5.41, 5.74) is 3.50. The third kappa shape index (κ3) is 4.78. The Morgan fingerprint density at radius 1 is 0.952 bits per heavy atom. The van der Waals surface area contributed by atoms with E-state index in [1.165, 1.54) is 18.5 Å². The number of aromatic nitrogens is 1. The fourth-order valence-corrected chi connectivity index (χ4v) is 2.40. The first kappa shape index (κ1) is 15.4. The molecule has 0 atom stereocenters. The molecular weight excluding hydrogens is 258 g/mol. The van der Waals surface area contributed by atoms with E-state index in [-0.39, 0.29) is 0 Å². The van der Waals surface area contributed by atoms with Gasteiger partial charge in [0.25, 0.3) is 0 Å². The second-order valence-corrected chi connectivity index (χ2v) is 5.21. The van der Waals surface area contributed by atoms with Crippen LogP contribution in [0, 0.1) is 0 Å². The molecule has 0 bridgehead atoms. The fourth-order valence-electron chi connectivity index (χ4n) is 2.40. The van der Waals surface area contributed by atoms with Crippen LogP contribution in [0.3, 0.4) is 0 Å². The van der Waals surface area contributed by atoms with Crippen LogP contribution in [0.5, 0.6) is 0 Å². The summed E-state index contributed by atoms with van der Waals surface area (Å²) in [5, 5.41) is 3.41. The highest BCUT2D eigenvalue weighted by atomic mass is 15.1. The van der Waals surface area contributed by atoms with Crippen molar-refractivity contribution in [3.05, 3.63) is 54.4 Å². The van der Waals surface area contributed by atoms with Gasteiger partial charge >= 0.3 is 0 Å². The van der Waals surface area contributed by atoms with Gasteiger partial charge in [-0.15, -0.1) is 0 Å². The van der Waals surface area contributed by atoms with Crippen molar-refractivity contribution in [2.45, 2.75) is 33.2 Å². The summed E-state index contributed by atoms with van der Waals surface area (Å²) >= 11 is 0. The molecule has 2 rings (SSSR count). The molecule has 0 unspecified atom stereocenters. The minimum absolute atomic E-state index is 0.758. The molecule has 112 valence electrons.